The molecule has 0 bridgehead atoms. The van der Waals surface area contributed by atoms with Crippen molar-refractivity contribution in [3.05, 3.63) is 29.8 Å². The lowest BCUT2D eigenvalue weighted by molar-refractivity contribution is -0.125. The van der Waals surface area contributed by atoms with E-state index in [9.17, 15) is 9.59 Å². The summed E-state index contributed by atoms with van der Waals surface area (Å²) in [7, 11) is 0. The Morgan fingerprint density at radius 1 is 1.35 bits per heavy atom. The Labute approximate surface area is 138 Å². The van der Waals surface area contributed by atoms with Gasteiger partial charge in [0, 0.05) is 30.1 Å². The molecule has 1 saturated carbocycles. The predicted molar refractivity (Wildman–Crippen MR) is 91.7 cm³/mol. The molecule has 1 aromatic rings. The molecular formula is C18H27N3O2. The number of nitrogens with two attached hydrogens (primary N) is 1. The van der Waals surface area contributed by atoms with Crippen LogP contribution in [0, 0.1) is 11.8 Å². The number of anilines is 1. The Morgan fingerprint density at radius 2 is 2.13 bits per heavy atom. The van der Waals surface area contributed by atoms with E-state index in [1.807, 2.05) is 38.1 Å². The summed E-state index contributed by atoms with van der Waals surface area (Å²) in [4.78, 5) is 24.1. The maximum absolute atomic E-state index is 12.1. The first-order valence-electron chi connectivity index (χ1n) is 8.42. The van der Waals surface area contributed by atoms with Crippen molar-refractivity contribution in [1.29, 1.82) is 0 Å². The topological polar surface area (TPSA) is 84.2 Å². The van der Waals surface area contributed by atoms with Gasteiger partial charge in [0.1, 0.15) is 0 Å². The van der Waals surface area contributed by atoms with Crippen molar-refractivity contribution < 1.29 is 9.59 Å². The molecule has 1 aromatic carbocycles. The summed E-state index contributed by atoms with van der Waals surface area (Å²) in [5.74, 6) is 0.129. The second-order valence-corrected chi connectivity index (χ2v) is 6.49. The minimum absolute atomic E-state index is 0.00932. The number of hydrogen-bond donors (Lipinski definition) is 3. The number of carbonyl (C=O) groups is 2. The van der Waals surface area contributed by atoms with Crippen LogP contribution in [0.4, 0.5) is 5.69 Å². The lowest BCUT2D eigenvalue weighted by Crippen LogP contribution is -2.30. The van der Waals surface area contributed by atoms with Gasteiger partial charge in [-0.05, 0) is 43.4 Å². The molecule has 0 aliphatic heterocycles. The van der Waals surface area contributed by atoms with Crippen molar-refractivity contribution in [2.24, 2.45) is 17.6 Å². The van der Waals surface area contributed by atoms with Gasteiger partial charge in [-0.1, -0.05) is 26.0 Å². The molecular weight excluding hydrogens is 290 g/mol. The number of rotatable bonds is 6. The van der Waals surface area contributed by atoms with E-state index < -0.39 is 0 Å². The van der Waals surface area contributed by atoms with E-state index >= 15 is 0 Å². The highest BCUT2D eigenvalue weighted by atomic mass is 16.2. The first-order valence-corrected chi connectivity index (χ1v) is 8.42. The summed E-state index contributed by atoms with van der Waals surface area (Å²) in [6.45, 7) is 4.37. The minimum atomic E-state index is -0.00932. The maximum Gasteiger partial charge on any atom is 0.227 e. The Hall–Kier alpha value is -1.88. The normalized spacial score (nSPS) is 21.7. The van der Waals surface area contributed by atoms with E-state index in [-0.39, 0.29) is 29.7 Å². The van der Waals surface area contributed by atoms with Crippen molar-refractivity contribution >= 4 is 17.5 Å². The average Bonchev–Trinajstić information content (AvgIpc) is 2.98. The standard InChI is InChI=1S/C18H27N3O2/c1-3-12(2)17(22)21-16-6-4-5-13(9-16)11-20-18(23)14-7-8-15(19)10-14/h4-6,9,12,14-15H,3,7-8,10-11,19H2,1-2H3,(H,20,23)(H,21,22). The molecule has 5 heteroatoms. The van der Waals surface area contributed by atoms with Gasteiger partial charge < -0.3 is 16.4 Å². The van der Waals surface area contributed by atoms with Gasteiger partial charge in [-0.25, -0.2) is 0 Å². The summed E-state index contributed by atoms with van der Waals surface area (Å²) >= 11 is 0. The predicted octanol–water partition coefficient (Wildman–Crippen LogP) is 2.41. The fourth-order valence-electron chi connectivity index (χ4n) is 2.80. The number of carbonyl (C=O) groups excluding carboxylic acids is 2. The van der Waals surface area contributed by atoms with Gasteiger partial charge in [0.2, 0.25) is 11.8 Å². The highest BCUT2D eigenvalue weighted by Gasteiger charge is 2.27. The molecule has 0 spiro atoms. The van der Waals surface area contributed by atoms with Crippen LogP contribution in [-0.4, -0.2) is 17.9 Å². The second kappa shape index (κ2) is 8.11. The Kier molecular flexibility index (Phi) is 6.16. The molecule has 5 nitrogen and oxygen atoms in total. The second-order valence-electron chi connectivity index (χ2n) is 6.49. The van der Waals surface area contributed by atoms with Crippen LogP contribution in [0.1, 0.15) is 45.1 Å². The molecule has 2 amide bonds. The van der Waals surface area contributed by atoms with Crippen LogP contribution in [0.5, 0.6) is 0 Å². The summed E-state index contributed by atoms with van der Waals surface area (Å²) in [6, 6.07) is 7.76. The summed E-state index contributed by atoms with van der Waals surface area (Å²) in [5, 5.41) is 5.88. The third-order valence-corrected chi connectivity index (χ3v) is 4.57. The van der Waals surface area contributed by atoms with Gasteiger partial charge in [0.15, 0.2) is 0 Å². The Morgan fingerprint density at radius 3 is 2.78 bits per heavy atom. The van der Waals surface area contributed by atoms with Gasteiger partial charge in [-0.15, -0.1) is 0 Å². The molecule has 1 fully saturated rings. The van der Waals surface area contributed by atoms with Crippen LogP contribution in [-0.2, 0) is 16.1 Å². The molecule has 0 radical (unpaired) electrons. The lowest BCUT2D eigenvalue weighted by Gasteiger charge is -2.13. The number of benzene rings is 1. The van der Waals surface area contributed by atoms with E-state index in [4.69, 9.17) is 5.73 Å². The highest BCUT2D eigenvalue weighted by Crippen LogP contribution is 2.24. The monoisotopic (exact) mass is 317 g/mol. The zero-order chi connectivity index (χ0) is 16.8. The van der Waals surface area contributed by atoms with E-state index in [0.29, 0.717) is 6.54 Å². The van der Waals surface area contributed by atoms with E-state index in [0.717, 1.165) is 36.9 Å². The van der Waals surface area contributed by atoms with E-state index in [2.05, 4.69) is 10.6 Å². The molecule has 3 atom stereocenters. The van der Waals surface area contributed by atoms with E-state index in [1.54, 1.807) is 0 Å². The van der Waals surface area contributed by atoms with E-state index in [1.165, 1.54) is 0 Å². The summed E-state index contributed by atoms with van der Waals surface area (Å²) < 4.78 is 0. The maximum atomic E-state index is 12.1. The molecule has 1 aliphatic rings. The van der Waals surface area contributed by atoms with Crippen molar-refractivity contribution in [3.63, 3.8) is 0 Å². The number of nitrogens with one attached hydrogen (secondary N) is 2. The summed E-state index contributed by atoms with van der Waals surface area (Å²) in [6.07, 6.45) is 3.38. The Balaban J connectivity index is 1.87. The zero-order valence-corrected chi connectivity index (χ0v) is 14.0. The molecule has 0 saturated heterocycles. The number of amides is 2. The van der Waals surface area contributed by atoms with Crippen LogP contribution in [0.3, 0.4) is 0 Å². The number of hydrogen-bond acceptors (Lipinski definition) is 3. The van der Waals surface area contributed by atoms with Gasteiger partial charge >= 0.3 is 0 Å². The van der Waals surface area contributed by atoms with Gasteiger partial charge in [-0.3, -0.25) is 9.59 Å². The average molecular weight is 317 g/mol. The smallest absolute Gasteiger partial charge is 0.227 e. The van der Waals surface area contributed by atoms with Crippen LogP contribution in [0.15, 0.2) is 24.3 Å². The SMILES string of the molecule is CCC(C)C(=O)Nc1cccc(CNC(=O)C2CCC(N)C2)c1. The molecule has 4 N–H and O–H groups in total. The third-order valence-electron chi connectivity index (χ3n) is 4.57. The zero-order valence-electron chi connectivity index (χ0n) is 14.0. The highest BCUT2D eigenvalue weighted by molar-refractivity contribution is 5.92. The van der Waals surface area contributed by atoms with Crippen molar-refractivity contribution in [2.45, 2.75) is 52.1 Å². The fourth-order valence-corrected chi connectivity index (χ4v) is 2.80. The van der Waals surface area contributed by atoms with Crippen LogP contribution in [0.25, 0.3) is 0 Å². The Bertz CT molecular complexity index is 559. The van der Waals surface area contributed by atoms with Crippen molar-refractivity contribution in [3.8, 4) is 0 Å². The molecule has 23 heavy (non-hydrogen) atoms. The fraction of sp³-hybridized carbons (Fsp3) is 0.556. The largest absolute Gasteiger partial charge is 0.352 e. The van der Waals surface area contributed by atoms with Crippen molar-refractivity contribution in [1.82, 2.24) is 5.32 Å². The van der Waals surface area contributed by atoms with Gasteiger partial charge in [0.25, 0.3) is 0 Å². The third kappa shape index (κ3) is 5.06. The molecule has 0 heterocycles. The van der Waals surface area contributed by atoms with Crippen LogP contribution in [0.2, 0.25) is 0 Å². The van der Waals surface area contributed by atoms with Crippen LogP contribution < -0.4 is 16.4 Å². The molecule has 1 aliphatic carbocycles. The van der Waals surface area contributed by atoms with Gasteiger partial charge in [0.05, 0.1) is 0 Å². The quantitative estimate of drug-likeness (QED) is 0.753. The molecule has 126 valence electrons. The van der Waals surface area contributed by atoms with Crippen molar-refractivity contribution in [2.75, 3.05) is 5.32 Å². The van der Waals surface area contributed by atoms with Crippen LogP contribution >= 0.6 is 0 Å². The first kappa shape index (κ1) is 17.5. The lowest BCUT2D eigenvalue weighted by atomic mass is 10.1. The minimum Gasteiger partial charge on any atom is -0.352 e. The van der Waals surface area contributed by atoms with Gasteiger partial charge in [-0.2, -0.15) is 0 Å². The summed E-state index contributed by atoms with van der Waals surface area (Å²) in [5.41, 5.74) is 7.60. The first-order chi connectivity index (χ1) is 11.0. The molecule has 3 unspecified atom stereocenters. The molecule has 2 rings (SSSR count). The molecule has 0 aromatic heterocycles.